The third-order valence-electron chi connectivity index (χ3n) is 3.02. The first-order valence-electron chi connectivity index (χ1n) is 7.08. The monoisotopic (exact) mass is 281 g/mol. The number of hydrogen-bond acceptors (Lipinski definition) is 5. The maximum Gasteiger partial charge on any atom is 0.339 e. The van der Waals surface area contributed by atoms with Gasteiger partial charge in [-0.1, -0.05) is 13.8 Å². The van der Waals surface area contributed by atoms with E-state index in [1.54, 1.807) is 0 Å². The van der Waals surface area contributed by atoms with Gasteiger partial charge in [0.15, 0.2) is 5.82 Å². The lowest BCUT2D eigenvalue weighted by Crippen LogP contribution is -2.16. The Labute approximate surface area is 119 Å². The highest BCUT2D eigenvalue weighted by atomic mass is 16.5. The number of rotatable bonds is 9. The summed E-state index contributed by atoms with van der Waals surface area (Å²) in [7, 11) is 0. The second-order valence-corrected chi connectivity index (χ2v) is 4.34. The third kappa shape index (κ3) is 4.16. The van der Waals surface area contributed by atoms with Gasteiger partial charge in [-0.3, -0.25) is 0 Å². The van der Waals surface area contributed by atoms with Crippen LogP contribution in [0.2, 0.25) is 0 Å². The lowest BCUT2D eigenvalue weighted by atomic mass is 10.0. The van der Waals surface area contributed by atoms with E-state index in [0.29, 0.717) is 38.4 Å². The molecule has 0 radical (unpaired) electrons. The highest BCUT2D eigenvalue weighted by Crippen LogP contribution is 2.20. The van der Waals surface area contributed by atoms with E-state index < -0.39 is 5.97 Å². The van der Waals surface area contributed by atoms with Crippen molar-refractivity contribution in [1.82, 2.24) is 10.2 Å². The average molecular weight is 281 g/mol. The molecule has 6 heteroatoms. The van der Waals surface area contributed by atoms with E-state index in [1.807, 2.05) is 20.8 Å². The Morgan fingerprint density at radius 3 is 2.55 bits per heavy atom. The molecule has 2 N–H and O–H groups in total. The molecule has 0 aliphatic carbocycles. The molecule has 0 saturated carbocycles. The number of carbonyl (C=O) groups is 1. The van der Waals surface area contributed by atoms with E-state index in [4.69, 9.17) is 4.74 Å². The summed E-state index contributed by atoms with van der Waals surface area (Å²) >= 11 is 0. The zero-order valence-electron chi connectivity index (χ0n) is 12.4. The summed E-state index contributed by atoms with van der Waals surface area (Å²) in [6.45, 7) is 7.77. The number of carboxylic acids is 1. The van der Waals surface area contributed by atoms with Crippen molar-refractivity contribution in [2.75, 3.05) is 25.1 Å². The van der Waals surface area contributed by atoms with Crippen LogP contribution in [0, 0.1) is 0 Å². The molecule has 0 spiro atoms. The Hall–Kier alpha value is -1.69. The fourth-order valence-electron chi connectivity index (χ4n) is 2.05. The minimum absolute atomic E-state index is 0.246. The number of anilines is 1. The summed E-state index contributed by atoms with van der Waals surface area (Å²) in [5.74, 6) is -0.609. The Kier molecular flexibility index (Phi) is 6.93. The first kappa shape index (κ1) is 16.4. The lowest BCUT2D eigenvalue weighted by molar-refractivity contribution is 0.0696. The van der Waals surface area contributed by atoms with Crippen LogP contribution in [-0.4, -0.2) is 41.0 Å². The second kappa shape index (κ2) is 8.47. The summed E-state index contributed by atoms with van der Waals surface area (Å²) in [6, 6.07) is 0. The largest absolute Gasteiger partial charge is 0.478 e. The summed E-state index contributed by atoms with van der Waals surface area (Å²) in [5.41, 5.74) is 1.77. The van der Waals surface area contributed by atoms with Crippen molar-refractivity contribution >= 4 is 11.8 Å². The molecule has 0 aliphatic rings. The predicted octanol–water partition coefficient (Wildman–Crippen LogP) is 2.14. The van der Waals surface area contributed by atoms with Gasteiger partial charge in [0.1, 0.15) is 5.56 Å². The van der Waals surface area contributed by atoms with Crippen LogP contribution in [0.15, 0.2) is 0 Å². The number of nitrogens with one attached hydrogen (secondary N) is 1. The Morgan fingerprint density at radius 2 is 2.00 bits per heavy atom. The van der Waals surface area contributed by atoms with Gasteiger partial charge in [0.05, 0.1) is 5.69 Å². The van der Waals surface area contributed by atoms with E-state index in [1.165, 1.54) is 0 Å². The zero-order chi connectivity index (χ0) is 15.0. The molecule has 0 fully saturated rings. The van der Waals surface area contributed by atoms with Crippen molar-refractivity contribution in [3.8, 4) is 0 Å². The van der Waals surface area contributed by atoms with E-state index in [0.717, 1.165) is 17.7 Å². The van der Waals surface area contributed by atoms with Crippen LogP contribution in [0.4, 0.5) is 5.82 Å². The molecule has 0 unspecified atom stereocenters. The van der Waals surface area contributed by atoms with Gasteiger partial charge < -0.3 is 15.2 Å². The fourth-order valence-corrected chi connectivity index (χ4v) is 2.05. The maximum absolute atomic E-state index is 11.5. The molecular weight excluding hydrogens is 258 g/mol. The second-order valence-electron chi connectivity index (χ2n) is 4.34. The van der Waals surface area contributed by atoms with Gasteiger partial charge in [0, 0.05) is 19.8 Å². The molecule has 0 aliphatic heterocycles. The van der Waals surface area contributed by atoms with Crippen molar-refractivity contribution in [2.24, 2.45) is 0 Å². The first-order chi connectivity index (χ1) is 9.65. The number of aromatic carboxylic acids is 1. The molecule has 0 amide bonds. The van der Waals surface area contributed by atoms with E-state index in [-0.39, 0.29) is 5.56 Å². The highest BCUT2D eigenvalue weighted by molar-refractivity contribution is 5.95. The Morgan fingerprint density at radius 1 is 1.25 bits per heavy atom. The van der Waals surface area contributed by atoms with Crippen LogP contribution in [0.25, 0.3) is 0 Å². The van der Waals surface area contributed by atoms with E-state index in [9.17, 15) is 9.90 Å². The Balaban J connectivity index is 2.87. The number of nitrogens with zero attached hydrogens (tertiary/aromatic N) is 2. The predicted molar refractivity (Wildman–Crippen MR) is 77.3 cm³/mol. The summed E-state index contributed by atoms with van der Waals surface area (Å²) in [6.07, 6.45) is 2.11. The molecule has 0 bridgehead atoms. The van der Waals surface area contributed by atoms with Gasteiger partial charge in [0.25, 0.3) is 0 Å². The molecule has 1 aromatic heterocycles. The molecule has 1 aromatic rings. The molecule has 112 valence electrons. The maximum atomic E-state index is 11.5. The molecule has 0 saturated heterocycles. The summed E-state index contributed by atoms with van der Waals surface area (Å²) in [5, 5.41) is 20.6. The van der Waals surface area contributed by atoms with Crippen LogP contribution in [-0.2, 0) is 17.6 Å². The quantitative estimate of drug-likeness (QED) is 0.675. The molecular formula is C14H23N3O3. The lowest BCUT2D eigenvalue weighted by Gasteiger charge is -2.13. The van der Waals surface area contributed by atoms with Crippen LogP contribution in [0.1, 0.15) is 48.8 Å². The zero-order valence-corrected chi connectivity index (χ0v) is 12.4. The average Bonchev–Trinajstić information content (AvgIpc) is 2.45. The third-order valence-corrected chi connectivity index (χ3v) is 3.02. The minimum atomic E-state index is -0.959. The number of carboxylic acid groups (broad SMARTS) is 1. The topological polar surface area (TPSA) is 84.3 Å². The molecule has 1 heterocycles. The van der Waals surface area contributed by atoms with Crippen molar-refractivity contribution in [1.29, 1.82) is 0 Å². The Bertz CT molecular complexity index is 450. The van der Waals surface area contributed by atoms with E-state index >= 15 is 0 Å². The van der Waals surface area contributed by atoms with Gasteiger partial charge >= 0.3 is 5.97 Å². The normalized spacial score (nSPS) is 10.6. The SMILES string of the molecule is CCOCCCNc1nnc(CC)c(CC)c1C(=O)O. The first-order valence-corrected chi connectivity index (χ1v) is 7.08. The van der Waals surface area contributed by atoms with Crippen LogP contribution in [0.5, 0.6) is 0 Å². The van der Waals surface area contributed by atoms with E-state index in [2.05, 4.69) is 15.5 Å². The summed E-state index contributed by atoms with van der Waals surface area (Å²) < 4.78 is 5.24. The van der Waals surface area contributed by atoms with Gasteiger partial charge in [-0.25, -0.2) is 4.79 Å². The molecule has 20 heavy (non-hydrogen) atoms. The molecule has 1 rings (SSSR count). The van der Waals surface area contributed by atoms with Crippen molar-refractivity contribution in [3.05, 3.63) is 16.8 Å². The molecule has 0 atom stereocenters. The standard InChI is InChI=1S/C14H23N3O3/c1-4-10-11(5-2)16-17-13(12(10)14(18)19)15-8-7-9-20-6-3/h4-9H2,1-3H3,(H,15,17)(H,18,19). The number of aromatic nitrogens is 2. The van der Waals surface area contributed by atoms with Crippen molar-refractivity contribution < 1.29 is 14.6 Å². The fraction of sp³-hybridized carbons (Fsp3) is 0.643. The van der Waals surface area contributed by atoms with Crippen molar-refractivity contribution in [3.63, 3.8) is 0 Å². The number of ether oxygens (including phenoxy) is 1. The summed E-state index contributed by atoms with van der Waals surface area (Å²) in [4.78, 5) is 11.5. The smallest absolute Gasteiger partial charge is 0.339 e. The number of aryl methyl sites for hydroxylation is 1. The van der Waals surface area contributed by atoms with Crippen LogP contribution < -0.4 is 5.32 Å². The van der Waals surface area contributed by atoms with Crippen LogP contribution in [0.3, 0.4) is 0 Å². The molecule has 6 nitrogen and oxygen atoms in total. The number of hydrogen-bond donors (Lipinski definition) is 2. The van der Waals surface area contributed by atoms with Gasteiger partial charge in [-0.05, 0) is 31.7 Å². The van der Waals surface area contributed by atoms with Gasteiger partial charge in [0.2, 0.25) is 0 Å². The van der Waals surface area contributed by atoms with Gasteiger partial charge in [-0.2, -0.15) is 5.10 Å². The van der Waals surface area contributed by atoms with Crippen LogP contribution >= 0.6 is 0 Å². The van der Waals surface area contributed by atoms with Gasteiger partial charge in [-0.15, -0.1) is 5.10 Å². The highest BCUT2D eigenvalue weighted by Gasteiger charge is 2.19. The molecule has 0 aromatic carbocycles. The van der Waals surface area contributed by atoms with Crippen molar-refractivity contribution in [2.45, 2.75) is 40.0 Å². The minimum Gasteiger partial charge on any atom is -0.478 e.